The zero-order chi connectivity index (χ0) is 21.1. The Morgan fingerprint density at radius 1 is 1.09 bits per heavy atom. The smallest absolute Gasteiger partial charge is 0.251 e. The maximum atomic E-state index is 13.5. The highest BCUT2D eigenvalue weighted by atomic mass is 32.1. The summed E-state index contributed by atoms with van der Waals surface area (Å²) in [5, 5.41) is 12.4. The lowest BCUT2D eigenvalue weighted by Gasteiger charge is -2.37. The Morgan fingerprint density at radius 3 is 2.47 bits per heavy atom. The fourth-order valence-electron chi connectivity index (χ4n) is 4.14. The van der Waals surface area contributed by atoms with Crippen LogP contribution < -0.4 is 5.32 Å². The molecule has 2 aromatic carbocycles. The van der Waals surface area contributed by atoms with Crippen LogP contribution >= 0.6 is 27.0 Å². The van der Waals surface area contributed by atoms with Gasteiger partial charge in [-0.05, 0) is 42.7 Å². The van der Waals surface area contributed by atoms with Gasteiger partial charge >= 0.3 is 0 Å². The van der Waals surface area contributed by atoms with E-state index in [2.05, 4.69) is 5.32 Å². The molecule has 7 nitrogen and oxygen atoms in total. The number of carbonyl (C=O) groups excluding carboxylic acids is 3. The molecular formula is C23H28N2O5S2. The predicted molar refractivity (Wildman–Crippen MR) is 130 cm³/mol. The van der Waals surface area contributed by atoms with Gasteiger partial charge in [-0.1, -0.05) is 30.3 Å². The van der Waals surface area contributed by atoms with Crippen molar-refractivity contribution in [1.29, 1.82) is 0 Å². The molecule has 0 radical (unpaired) electrons. The van der Waals surface area contributed by atoms with Gasteiger partial charge in [0, 0.05) is 18.5 Å². The van der Waals surface area contributed by atoms with E-state index in [1.165, 1.54) is 0 Å². The summed E-state index contributed by atoms with van der Waals surface area (Å²) in [7, 11) is 0. The monoisotopic (exact) mass is 476 g/mol. The minimum absolute atomic E-state index is 0. The van der Waals surface area contributed by atoms with E-state index >= 15 is 0 Å². The number of hydrogen-bond donors (Lipinski definition) is 2. The number of piperidine rings is 1. The largest absolute Gasteiger partial charge is 0.508 e. The number of nitrogens with one attached hydrogen (secondary N) is 1. The van der Waals surface area contributed by atoms with Crippen LogP contribution in [0.25, 0.3) is 0 Å². The molecule has 32 heavy (non-hydrogen) atoms. The lowest BCUT2D eigenvalue weighted by atomic mass is 9.95. The van der Waals surface area contributed by atoms with Crippen LogP contribution in [0.5, 0.6) is 5.75 Å². The molecule has 9 heteroatoms. The molecule has 2 N–H and O–H groups in total. The van der Waals surface area contributed by atoms with Crippen LogP contribution in [-0.4, -0.2) is 58.9 Å². The Bertz CT molecular complexity index is 939. The van der Waals surface area contributed by atoms with E-state index in [-0.39, 0.29) is 69.5 Å². The van der Waals surface area contributed by atoms with Gasteiger partial charge in [0.05, 0.1) is 6.10 Å². The molecule has 0 aliphatic carbocycles. The molecule has 2 saturated heterocycles. The van der Waals surface area contributed by atoms with Crippen molar-refractivity contribution in [2.75, 3.05) is 13.2 Å². The molecule has 172 valence electrons. The summed E-state index contributed by atoms with van der Waals surface area (Å²) >= 11 is 0. The minimum atomic E-state index is -0.839. The zero-order valence-electron chi connectivity index (χ0n) is 17.5. The van der Waals surface area contributed by atoms with Crippen LogP contribution in [0.4, 0.5) is 0 Å². The Hall–Kier alpha value is -2.49. The van der Waals surface area contributed by atoms with E-state index in [0.29, 0.717) is 12.1 Å². The number of fused-ring (bicyclic) bond motifs is 1. The van der Waals surface area contributed by atoms with Crippen LogP contribution in [0.15, 0.2) is 54.6 Å². The van der Waals surface area contributed by atoms with E-state index in [4.69, 9.17) is 4.74 Å². The maximum absolute atomic E-state index is 13.5. The first kappa shape index (κ1) is 25.8. The quantitative estimate of drug-likeness (QED) is 0.688. The second-order valence-electron chi connectivity index (χ2n) is 7.70. The number of carbonyl (C=O) groups is 3. The molecule has 2 amide bonds. The third-order valence-electron chi connectivity index (χ3n) is 5.64. The van der Waals surface area contributed by atoms with E-state index in [1.807, 2.05) is 6.07 Å². The van der Waals surface area contributed by atoms with Crippen molar-refractivity contribution in [1.82, 2.24) is 10.2 Å². The topological polar surface area (TPSA) is 95.9 Å². The summed E-state index contributed by atoms with van der Waals surface area (Å²) in [6, 6.07) is 13.8. The second-order valence-corrected chi connectivity index (χ2v) is 7.70. The normalized spacial score (nSPS) is 20.4. The van der Waals surface area contributed by atoms with Crippen molar-refractivity contribution in [2.45, 2.75) is 37.5 Å². The van der Waals surface area contributed by atoms with Crippen molar-refractivity contribution in [3.05, 3.63) is 65.7 Å². The van der Waals surface area contributed by atoms with Gasteiger partial charge in [0.25, 0.3) is 5.91 Å². The second kappa shape index (κ2) is 11.4. The highest BCUT2D eigenvalue weighted by Gasteiger charge is 2.45. The number of phenols is 1. The lowest BCUT2D eigenvalue weighted by Crippen LogP contribution is -2.58. The van der Waals surface area contributed by atoms with E-state index in [1.54, 1.807) is 53.4 Å². The number of Topliss-reactive ketones (excluding diaryl/α,β-unsaturated/α-hetero) is 1. The zero-order valence-corrected chi connectivity index (χ0v) is 19.5. The summed E-state index contributed by atoms with van der Waals surface area (Å²) < 4.78 is 5.55. The molecular weight excluding hydrogens is 448 g/mol. The summed E-state index contributed by atoms with van der Waals surface area (Å²) in [6.07, 6.45) is 1.48. The first-order chi connectivity index (χ1) is 14.5. The first-order valence-corrected chi connectivity index (χ1v) is 10.1. The van der Waals surface area contributed by atoms with Gasteiger partial charge in [-0.2, -0.15) is 27.0 Å². The van der Waals surface area contributed by atoms with Gasteiger partial charge in [-0.3, -0.25) is 14.4 Å². The van der Waals surface area contributed by atoms with Crippen molar-refractivity contribution in [3.8, 4) is 5.75 Å². The average Bonchev–Trinajstić information content (AvgIpc) is 3.16. The molecule has 2 heterocycles. The summed E-state index contributed by atoms with van der Waals surface area (Å²) in [4.78, 5) is 40.2. The molecule has 2 aliphatic rings. The average molecular weight is 477 g/mol. The van der Waals surface area contributed by atoms with E-state index < -0.39 is 12.1 Å². The van der Waals surface area contributed by atoms with E-state index in [9.17, 15) is 19.5 Å². The molecule has 4 rings (SSSR count). The molecule has 0 saturated carbocycles. The van der Waals surface area contributed by atoms with Gasteiger partial charge in [-0.15, -0.1) is 0 Å². The van der Waals surface area contributed by atoms with Crippen molar-refractivity contribution >= 4 is 44.6 Å². The third kappa shape index (κ3) is 5.65. The Balaban J connectivity index is 0.00000181. The van der Waals surface area contributed by atoms with Crippen LogP contribution in [-0.2, 0) is 20.7 Å². The standard InChI is InChI=1S/C23H24N2O5.2H2S/c26-17-10-8-15(9-11-17)13-18(24-22(28)16-5-2-1-3-6-16)23(29)25-12-4-7-20-21(25)19(27)14-30-20;;/h1-3,5-6,8-11,18,20-21,26H,4,7,12-14H2,(H,24,28);2*1H2/t18-,20+,21+;;/m0../s1. The van der Waals surface area contributed by atoms with Gasteiger partial charge < -0.3 is 20.1 Å². The van der Waals surface area contributed by atoms with Gasteiger partial charge in [-0.25, -0.2) is 0 Å². The van der Waals surface area contributed by atoms with Crippen molar-refractivity contribution < 1.29 is 24.2 Å². The predicted octanol–water partition coefficient (Wildman–Crippen LogP) is 1.92. The number of amides is 2. The van der Waals surface area contributed by atoms with Crippen LogP contribution in [0, 0.1) is 0 Å². The van der Waals surface area contributed by atoms with E-state index in [0.717, 1.165) is 18.4 Å². The highest BCUT2D eigenvalue weighted by molar-refractivity contribution is 7.59. The number of phenolic OH excluding ortho intramolecular Hbond substituents is 1. The Labute approximate surface area is 201 Å². The van der Waals surface area contributed by atoms with Gasteiger partial charge in [0.1, 0.15) is 24.4 Å². The minimum Gasteiger partial charge on any atom is -0.508 e. The van der Waals surface area contributed by atoms with Gasteiger partial charge in [0.2, 0.25) is 5.91 Å². The van der Waals surface area contributed by atoms with Crippen LogP contribution in [0.2, 0.25) is 0 Å². The third-order valence-corrected chi connectivity index (χ3v) is 5.64. The molecule has 3 atom stereocenters. The summed E-state index contributed by atoms with van der Waals surface area (Å²) in [5.74, 6) is -0.607. The molecule has 0 spiro atoms. The highest BCUT2D eigenvalue weighted by Crippen LogP contribution is 2.27. The Kier molecular flexibility index (Phi) is 9.18. The molecule has 2 aliphatic heterocycles. The number of ether oxygens (including phenoxy) is 1. The SMILES string of the molecule is O=C(N[C@@H](Cc1ccc(O)cc1)C(=O)N1CCC[C@H]2OCC(=O)[C@H]21)c1ccccc1.S.S. The van der Waals surface area contributed by atoms with Crippen LogP contribution in [0.3, 0.4) is 0 Å². The molecule has 2 aromatic rings. The fourth-order valence-corrected chi connectivity index (χ4v) is 4.14. The van der Waals surface area contributed by atoms with Gasteiger partial charge in [0.15, 0.2) is 5.78 Å². The van der Waals surface area contributed by atoms with Crippen molar-refractivity contribution in [2.24, 2.45) is 0 Å². The molecule has 0 bridgehead atoms. The Morgan fingerprint density at radius 2 is 1.78 bits per heavy atom. The number of aromatic hydroxyl groups is 1. The first-order valence-electron chi connectivity index (χ1n) is 10.1. The number of benzene rings is 2. The molecule has 0 aromatic heterocycles. The number of hydrogen-bond acceptors (Lipinski definition) is 5. The fraction of sp³-hybridized carbons (Fsp3) is 0.348. The molecule has 0 unspecified atom stereocenters. The summed E-state index contributed by atoms with van der Waals surface area (Å²) in [5.41, 5.74) is 1.25. The number of nitrogens with zero attached hydrogens (tertiary/aromatic N) is 1. The number of likely N-dealkylation sites (tertiary alicyclic amines) is 1. The number of ketones is 1. The summed E-state index contributed by atoms with van der Waals surface area (Å²) in [6.45, 7) is 0.487. The number of rotatable bonds is 5. The van der Waals surface area contributed by atoms with Crippen molar-refractivity contribution in [3.63, 3.8) is 0 Å². The lowest BCUT2D eigenvalue weighted by molar-refractivity contribution is -0.142. The maximum Gasteiger partial charge on any atom is 0.251 e. The molecule has 2 fully saturated rings. The van der Waals surface area contributed by atoms with Crippen LogP contribution in [0.1, 0.15) is 28.8 Å².